The predicted octanol–water partition coefficient (Wildman–Crippen LogP) is 2.02. The summed E-state index contributed by atoms with van der Waals surface area (Å²) in [7, 11) is 0. The van der Waals surface area contributed by atoms with Crippen molar-refractivity contribution in [2.45, 2.75) is 6.92 Å². The van der Waals surface area contributed by atoms with Gasteiger partial charge in [-0.3, -0.25) is 9.59 Å². The van der Waals surface area contributed by atoms with E-state index in [0.29, 0.717) is 12.1 Å². The van der Waals surface area contributed by atoms with Gasteiger partial charge >= 0.3 is 5.97 Å². The van der Waals surface area contributed by atoms with E-state index >= 15 is 0 Å². The first-order valence-electron chi connectivity index (χ1n) is 6.42. The molecular weight excluding hydrogens is 261 g/mol. The number of likely N-dealkylation sites (tertiary alicyclic amines) is 1. The maximum absolute atomic E-state index is 13.0. The van der Waals surface area contributed by atoms with Gasteiger partial charge in [-0.25, -0.2) is 4.39 Å². The zero-order valence-electron chi connectivity index (χ0n) is 11.1. The van der Waals surface area contributed by atoms with Crippen molar-refractivity contribution in [2.75, 3.05) is 13.1 Å². The molecule has 2 atom stereocenters. The van der Waals surface area contributed by atoms with Gasteiger partial charge in [0.2, 0.25) is 5.91 Å². The van der Waals surface area contributed by atoms with Gasteiger partial charge in [-0.05, 0) is 29.7 Å². The van der Waals surface area contributed by atoms with Crippen molar-refractivity contribution in [3.05, 3.63) is 41.7 Å². The van der Waals surface area contributed by atoms with Crippen LogP contribution in [0.5, 0.6) is 0 Å². The van der Waals surface area contributed by atoms with Crippen LogP contribution >= 0.6 is 0 Å². The molecule has 2 rings (SSSR count). The number of benzene rings is 1. The molecule has 0 unspecified atom stereocenters. The quantitative estimate of drug-likeness (QED) is 0.860. The molecule has 1 aliphatic heterocycles. The van der Waals surface area contributed by atoms with E-state index in [1.54, 1.807) is 12.1 Å². The number of rotatable bonds is 3. The van der Waals surface area contributed by atoms with E-state index in [9.17, 15) is 14.0 Å². The summed E-state index contributed by atoms with van der Waals surface area (Å²) in [6.45, 7) is 2.48. The maximum atomic E-state index is 13.0. The van der Waals surface area contributed by atoms with Crippen molar-refractivity contribution in [1.29, 1.82) is 0 Å². The van der Waals surface area contributed by atoms with Crippen molar-refractivity contribution >= 4 is 18.0 Å². The summed E-state index contributed by atoms with van der Waals surface area (Å²) in [5.74, 6) is -2.05. The lowest BCUT2D eigenvalue weighted by Crippen LogP contribution is -2.28. The second-order valence-electron chi connectivity index (χ2n) is 5.05. The maximum Gasteiger partial charge on any atom is 0.308 e. The van der Waals surface area contributed by atoms with Gasteiger partial charge < -0.3 is 10.0 Å². The van der Waals surface area contributed by atoms with Crippen molar-refractivity contribution in [3.8, 4) is 0 Å². The summed E-state index contributed by atoms with van der Waals surface area (Å²) < 4.78 is 13.0. The first kappa shape index (κ1) is 14.2. The van der Waals surface area contributed by atoms with Crippen LogP contribution in [0.4, 0.5) is 4.39 Å². The van der Waals surface area contributed by atoms with Gasteiger partial charge in [-0.15, -0.1) is 0 Å². The Morgan fingerprint density at radius 3 is 2.75 bits per heavy atom. The molecule has 1 fully saturated rings. The fourth-order valence-electron chi connectivity index (χ4n) is 2.35. The predicted molar refractivity (Wildman–Crippen MR) is 72.3 cm³/mol. The standard InChI is InChI=1S/C15H16FNO3/c1-10-8-17(9-13(10)15(19)20)14(18)6-5-11-3-2-4-12(16)7-11/h2-7,10,13H,8-9H2,1H3,(H,19,20)/b6-5+/t10-,13-/m1/s1. The van der Waals surface area contributed by atoms with E-state index in [2.05, 4.69) is 0 Å². The molecule has 1 N–H and O–H groups in total. The number of carbonyl (C=O) groups is 2. The van der Waals surface area contributed by atoms with Crippen LogP contribution in [0.25, 0.3) is 6.08 Å². The number of hydrogen-bond donors (Lipinski definition) is 1. The highest BCUT2D eigenvalue weighted by Gasteiger charge is 2.36. The summed E-state index contributed by atoms with van der Waals surface area (Å²) in [6, 6.07) is 5.92. The lowest BCUT2D eigenvalue weighted by Gasteiger charge is -2.12. The molecule has 1 aromatic rings. The summed E-state index contributed by atoms with van der Waals surface area (Å²) >= 11 is 0. The van der Waals surface area contributed by atoms with Crippen molar-refractivity contribution in [1.82, 2.24) is 4.90 Å². The van der Waals surface area contributed by atoms with Crippen LogP contribution in [-0.4, -0.2) is 35.0 Å². The van der Waals surface area contributed by atoms with Crippen LogP contribution in [0.2, 0.25) is 0 Å². The van der Waals surface area contributed by atoms with Crippen LogP contribution in [0.3, 0.4) is 0 Å². The van der Waals surface area contributed by atoms with Crippen molar-refractivity contribution in [2.24, 2.45) is 11.8 Å². The number of halogens is 1. The summed E-state index contributed by atoms with van der Waals surface area (Å²) in [5.41, 5.74) is 0.598. The van der Waals surface area contributed by atoms with E-state index in [0.717, 1.165) is 0 Å². The molecule has 5 heteroatoms. The highest BCUT2D eigenvalue weighted by molar-refractivity contribution is 5.92. The first-order valence-corrected chi connectivity index (χ1v) is 6.42. The molecular formula is C15H16FNO3. The largest absolute Gasteiger partial charge is 0.481 e. The monoisotopic (exact) mass is 277 g/mol. The number of carboxylic acid groups (broad SMARTS) is 1. The van der Waals surface area contributed by atoms with E-state index < -0.39 is 11.9 Å². The number of carboxylic acids is 1. The molecule has 0 bridgehead atoms. The highest BCUT2D eigenvalue weighted by Crippen LogP contribution is 2.23. The minimum Gasteiger partial charge on any atom is -0.481 e. The van der Waals surface area contributed by atoms with Crippen molar-refractivity contribution < 1.29 is 19.1 Å². The summed E-state index contributed by atoms with van der Waals surface area (Å²) in [4.78, 5) is 24.5. The Hall–Kier alpha value is -2.17. The van der Waals surface area contributed by atoms with Crippen LogP contribution in [0.1, 0.15) is 12.5 Å². The Labute approximate surface area is 116 Å². The second-order valence-corrected chi connectivity index (χ2v) is 5.05. The zero-order chi connectivity index (χ0) is 14.7. The molecule has 20 heavy (non-hydrogen) atoms. The Bertz CT molecular complexity index is 556. The second kappa shape index (κ2) is 5.86. The third-order valence-corrected chi connectivity index (χ3v) is 3.51. The molecule has 4 nitrogen and oxygen atoms in total. The van der Waals surface area contributed by atoms with Crippen LogP contribution in [0, 0.1) is 17.7 Å². The van der Waals surface area contributed by atoms with Gasteiger partial charge in [0.05, 0.1) is 5.92 Å². The number of nitrogens with zero attached hydrogens (tertiary/aromatic N) is 1. The molecule has 0 aromatic heterocycles. The van der Waals surface area contributed by atoms with Gasteiger partial charge in [-0.2, -0.15) is 0 Å². The average Bonchev–Trinajstić information content (AvgIpc) is 2.78. The first-order chi connectivity index (χ1) is 9.47. The Balaban J connectivity index is 2.01. The number of aliphatic carboxylic acids is 1. The minimum absolute atomic E-state index is 0.0565. The lowest BCUT2D eigenvalue weighted by atomic mass is 9.99. The molecule has 0 radical (unpaired) electrons. The fraction of sp³-hybridized carbons (Fsp3) is 0.333. The van der Waals surface area contributed by atoms with E-state index in [-0.39, 0.29) is 24.2 Å². The number of amides is 1. The molecule has 1 aliphatic rings. The third-order valence-electron chi connectivity index (χ3n) is 3.51. The zero-order valence-corrected chi connectivity index (χ0v) is 11.1. The Kier molecular flexibility index (Phi) is 4.17. The van der Waals surface area contributed by atoms with Crippen LogP contribution < -0.4 is 0 Å². The van der Waals surface area contributed by atoms with Crippen molar-refractivity contribution in [3.63, 3.8) is 0 Å². The smallest absolute Gasteiger partial charge is 0.308 e. The fourth-order valence-corrected chi connectivity index (χ4v) is 2.35. The van der Waals surface area contributed by atoms with Gasteiger partial charge in [0.25, 0.3) is 0 Å². The molecule has 1 saturated heterocycles. The van der Waals surface area contributed by atoms with E-state index in [1.807, 2.05) is 6.92 Å². The van der Waals surface area contributed by atoms with E-state index in [4.69, 9.17) is 5.11 Å². The highest BCUT2D eigenvalue weighted by atomic mass is 19.1. The Morgan fingerprint density at radius 1 is 1.40 bits per heavy atom. The average molecular weight is 277 g/mol. The molecule has 0 spiro atoms. The molecule has 106 valence electrons. The van der Waals surface area contributed by atoms with E-state index in [1.165, 1.54) is 29.2 Å². The minimum atomic E-state index is -0.873. The van der Waals surface area contributed by atoms with Gasteiger partial charge in [0.1, 0.15) is 5.82 Å². The Morgan fingerprint density at radius 2 is 2.15 bits per heavy atom. The number of hydrogen-bond acceptors (Lipinski definition) is 2. The van der Waals surface area contributed by atoms with Gasteiger partial charge in [-0.1, -0.05) is 19.1 Å². The molecule has 1 amide bonds. The normalized spacial score (nSPS) is 22.4. The molecule has 0 aliphatic carbocycles. The SMILES string of the molecule is C[C@@H]1CN(C(=O)/C=C/c2cccc(F)c2)C[C@H]1C(=O)O. The summed E-state index contributed by atoms with van der Waals surface area (Å²) in [5, 5.41) is 9.02. The number of carbonyl (C=O) groups excluding carboxylic acids is 1. The van der Waals surface area contributed by atoms with Crippen LogP contribution in [0.15, 0.2) is 30.3 Å². The van der Waals surface area contributed by atoms with Gasteiger partial charge in [0.15, 0.2) is 0 Å². The van der Waals surface area contributed by atoms with Crippen LogP contribution in [-0.2, 0) is 9.59 Å². The van der Waals surface area contributed by atoms with Gasteiger partial charge in [0, 0.05) is 19.2 Å². The summed E-state index contributed by atoms with van der Waals surface area (Å²) in [6.07, 6.45) is 2.88. The molecule has 0 saturated carbocycles. The topological polar surface area (TPSA) is 57.6 Å². The molecule has 1 aromatic carbocycles. The third kappa shape index (κ3) is 3.23. The lowest BCUT2D eigenvalue weighted by molar-refractivity contribution is -0.142. The molecule has 1 heterocycles.